The van der Waals surface area contributed by atoms with Crippen LogP contribution in [-0.4, -0.2) is 35.1 Å². The summed E-state index contributed by atoms with van der Waals surface area (Å²) < 4.78 is 7.64. The van der Waals surface area contributed by atoms with E-state index in [4.69, 9.17) is 4.74 Å². The highest BCUT2D eigenvalue weighted by atomic mass is 16.5. The predicted molar refractivity (Wildman–Crippen MR) is 77.2 cm³/mol. The van der Waals surface area contributed by atoms with Gasteiger partial charge in [0, 0.05) is 25.9 Å². The first-order chi connectivity index (χ1) is 9.28. The van der Waals surface area contributed by atoms with Crippen molar-refractivity contribution in [1.29, 1.82) is 0 Å². The summed E-state index contributed by atoms with van der Waals surface area (Å²) in [6.45, 7) is 4.27. The standard InChI is InChI=1S/C15H27N3O/c1-3-8-16-14(10-15-5-4-9-19-15)7-6-13-11-17-18(2)12-13/h11-12,14-16H,3-10H2,1-2H3. The summed E-state index contributed by atoms with van der Waals surface area (Å²) >= 11 is 0. The molecule has 0 aromatic carbocycles. The fourth-order valence-electron chi connectivity index (χ4n) is 2.74. The van der Waals surface area contributed by atoms with Gasteiger partial charge in [-0.05, 0) is 50.6 Å². The number of aryl methyl sites for hydroxylation is 2. The molecule has 0 saturated carbocycles. The van der Waals surface area contributed by atoms with Crippen LogP contribution in [0.5, 0.6) is 0 Å². The lowest BCUT2D eigenvalue weighted by atomic mass is 10.0. The molecule has 0 radical (unpaired) electrons. The lowest BCUT2D eigenvalue weighted by Crippen LogP contribution is -2.33. The van der Waals surface area contributed by atoms with E-state index in [0.717, 1.165) is 26.0 Å². The molecule has 108 valence electrons. The van der Waals surface area contributed by atoms with Crippen molar-refractivity contribution >= 4 is 0 Å². The number of ether oxygens (including phenoxy) is 1. The van der Waals surface area contributed by atoms with Crippen molar-refractivity contribution < 1.29 is 4.74 Å². The number of hydrogen-bond acceptors (Lipinski definition) is 3. The second kappa shape index (κ2) is 7.65. The molecule has 4 heteroatoms. The molecule has 2 heterocycles. The average Bonchev–Trinajstić information content (AvgIpc) is 3.04. The van der Waals surface area contributed by atoms with Crippen LogP contribution in [-0.2, 0) is 18.2 Å². The van der Waals surface area contributed by atoms with E-state index in [1.807, 2.05) is 17.9 Å². The smallest absolute Gasteiger partial charge is 0.0590 e. The van der Waals surface area contributed by atoms with Gasteiger partial charge in [-0.3, -0.25) is 4.68 Å². The van der Waals surface area contributed by atoms with Crippen LogP contribution in [0.25, 0.3) is 0 Å². The minimum absolute atomic E-state index is 0.475. The van der Waals surface area contributed by atoms with Gasteiger partial charge in [0.1, 0.15) is 0 Å². The molecule has 1 aliphatic heterocycles. The second-order valence-electron chi connectivity index (χ2n) is 5.58. The largest absolute Gasteiger partial charge is 0.378 e. The van der Waals surface area contributed by atoms with Crippen LogP contribution in [0.2, 0.25) is 0 Å². The maximum atomic E-state index is 5.76. The minimum Gasteiger partial charge on any atom is -0.378 e. The first-order valence-electron chi connectivity index (χ1n) is 7.60. The molecule has 1 N–H and O–H groups in total. The van der Waals surface area contributed by atoms with Crippen molar-refractivity contribution in [3.63, 3.8) is 0 Å². The molecular formula is C15H27N3O. The number of rotatable bonds is 8. The zero-order chi connectivity index (χ0) is 13.5. The molecule has 1 aromatic heterocycles. The molecule has 0 amide bonds. The summed E-state index contributed by atoms with van der Waals surface area (Å²) in [6.07, 6.45) is 11.6. The van der Waals surface area contributed by atoms with Gasteiger partial charge in [0.05, 0.1) is 12.3 Å². The van der Waals surface area contributed by atoms with Crippen LogP contribution < -0.4 is 5.32 Å². The fourth-order valence-corrected chi connectivity index (χ4v) is 2.74. The number of nitrogens with one attached hydrogen (secondary N) is 1. The van der Waals surface area contributed by atoms with E-state index in [1.165, 1.54) is 31.2 Å². The van der Waals surface area contributed by atoms with Gasteiger partial charge in [-0.1, -0.05) is 6.92 Å². The molecule has 4 nitrogen and oxygen atoms in total. The molecule has 2 atom stereocenters. The molecule has 2 rings (SSSR count). The molecule has 0 spiro atoms. The molecular weight excluding hydrogens is 238 g/mol. The maximum absolute atomic E-state index is 5.76. The van der Waals surface area contributed by atoms with Crippen molar-refractivity contribution in [2.24, 2.45) is 7.05 Å². The summed E-state index contributed by atoms with van der Waals surface area (Å²) in [5.74, 6) is 0. The highest BCUT2D eigenvalue weighted by Gasteiger charge is 2.20. The molecule has 19 heavy (non-hydrogen) atoms. The first-order valence-corrected chi connectivity index (χ1v) is 7.60. The van der Waals surface area contributed by atoms with Crippen molar-refractivity contribution in [1.82, 2.24) is 15.1 Å². The van der Waals surface area contributed by atoms with Gasteiger partial charge in [-0.2, -0.15) is 5.10 Å². The Morgan fingerprint density at radius 1 is 1.58 bits per heavy atom. The van der Waals surface area contributed by atoms with Crippen LogP contribution >= 0.6 is 0 Å². The highest BCUT2D eigenvalue weighted by Crippen LogP contribution is 2.19. The Morgan fingerprint density at radius 3 is 3.11 bits per heavy atom. The van der Waals surface area contributed by atoms with E-state index in [0.29, 0.717) is 12.1 Å². The number of hydrogen-bond donors (Lipinski definition) is 1. The van der Waals surface area contributed by atoms with E-state index < -0.39 is 0 Å². The topological polar surface area (TPSA) is 39.1 Å². The number of nitrogens with zero attached hydrogens (tertiary/aromatic N) is 2. The lowest BCUT2D eigenvalue weighted by Gasteiger charge is -2.21. The van der Waals surface area contributed by atoms with Crippen LogP contribution in [0.4, 0.5) is 0 Å². The predicted octanol–water partition coefficient (Wildman–Crippen LogP) is 2.29. The van der Waals surface area contributed by atoms with Gasteiger partial charge in [0.2, 0.25) is 0 Å². The zero-order valence-corrected chi connectivity index (χ0v) is 12.3. The average molecular weight is 265 g/mol. The van der Waals surface area contributed by atoms with Gasteiger partial charge >= 0.3 is 0 Å². The van der Waals surface area contributed by atoms with Crippen LogP contribution in [0.15, 0.2) is 12.4 Å². The fraction of sp³-hybridized carbons (Fsp3) is 0.800. The summed E-state index contributed by atoms with van der Waals surface area (Å²) in [4.78, 5) is 0. The van der Waals surface area contributed by atoms with E-state index in [-0.39, 0.29) is 0 Å². The van der Waals surface area contributed by atoms with E-state index in [1.54, 1.807) is 0 Å². The highest BCUT2D eigenvalue weighted by molar-refractivity contribution is 5.04. The lowest BCUT2D eigenvalue weighted by molar-refractivity contribution is 0.0936. The Balaban J connectivity index is 1.78. The Labute approximate surface area is 116 Å². The SMILES string of the molecule is CCCNC(CCc1cnn(C)c1)CC1CCCO1. The zero-order valence-electron chi connectivity index (χ0n) is 12.3. The second-order valence-corrected chi connectivity index (χ2v) is 5.58. The quantitative estimate of drug-likeness (QED) is 0.784. The van der Waals surface area contributed by atoms with Crippen molar-refractivity contribution in [2.75, 3.05) is 13.2 Å². The Kier molecular flexibility index (Phi) is 5.86. The summed E-state index contributed by atoms with van der Waals surface area (Å²) in [7, 11) is 1.97. The Hall–Kier alpha value is -0.870. The Bertz CT molecular complexity index is 358. The van der Waals surface area contributed by atoms with Gasteiger partial charge in [0.25, 0.3) is 0 Å². The third-order valence-electron chi connectivity index (χ3n) is 3.79. The third-order valence-corrected chi connectivity index (χ3v) is 3.79. The van der Waals surface area contributed by atoms with Crippen molar-refractivity contribution in [3.8, 4) is 0 Å². The molecule has 0 bridgehead atoms. The van der Waals surface area contributed by atoms with Crippen molar-refractivity contribution in [3.05, 3.63) is 18.0 Å². The van der Waals surface area contributed by atoms with Gasteiger partial charge in [0.15, 0.2) is 0 Å². The first kappa shape index (κ1) is 14.5. The normalized spacial score (nSPS) is 20.8. The molecule has 0 aliphatic carbocycles. The Morgan fingerprint density at radius 2 is 2.47 bits per heavy atom. The van der Waals surface area contributed by atoms with Crippen LogP contribution in [0, 0.1) is 0 Å². The van der Waals surface area contributed by atoms with Crippen LogP contribution in [0.3, 0.4) is 0 Å². The minimum atomic E-state index is 0.475. The summed E-state index contributed by atoms with van der Waals surface area (Å²) in [6, 6.07) is 0.572. The van der Waals surface area contributed by atoms with Gasteiger partial charge < -0.3 is 10.1 Å². The van der Waals surface area contributed by atoms with Crippen molar-refractivity contribution in [2.45, 2.75) is 57.6 Å². The molecule has 1 fully saturated rings. The number of aromatic nitrogens is 2. The van der Waals surface area contributed by atoms with E-state index in [9.17, 15) is 0 Å². The maximum Gasteiger partial charge on any atom is 0.0590 e. The molecule has 1 saturated heterocycles. The molecule has 1 aliphatic rings. The van der Waals surface area contributed by atoms with E-state index >= 15 is 0 Å². The molecule has 2 unspecified atom stereocenters. The van der Waals surface area contributed by atoms with E-state index in [2.05, 4.69) is 23.5 Å². The summed E-state index contributed by atoms with van der Waals surface area (Å²) in [5, 5.41) is 7.90. The van der Waals surface area contributed by atoms with Gasteiger partial charge in [-0.25, -0.2) is 0 Å². The van der Waals surface area contributed by atoms with Crippen LogP contribution in [0.1, 0.15) is 44.6 Å². The third kappa shape index (κ3) is 4.96. The monoisotopic (exact) mass is 265 g/mol. The van der Waals surface area contributed by atoms with Gasteiger partial charge in [-0.15, -0.1) is 0 Å². The summed E-state index contributed by atoms with van der Waals surface area (Å²) in [5.41, 5.74) is 1.33. The molecule has 1 aromatic rings.